The third-order valence-corrected chi connectivity index (χ3v) is 5.16. The van der Waals surface area contributed by atoms with Gasteiger partial charge in [0.2, 0.25) is 0 Å². The fourth-order valence-electron chi connectivity index (χ4n) is 4.10. The predicted molar refractivity (Wildman–Crippen MR) is 94.5 cm³/mol. The summed E-state index contributed by atoms with van der Waals surface area (Å²) in [6.07, 6.45) is 2.34. The summed E-state index contributed by atoms with van der Waals surface area (Å²) in [5.74, 6) is 1.58. The summed E-state index contributed by atoms with van der Waals surface area (Å²) in [5.41, 5.74) is 1.64. The van der Waals surface area contributed by atoms with Crippen LogP contribution in [0, 0.1) is 0 Å². The molecule has 1 aliphatic heterocycles. The number of phenolic OH excluding ortho intramolecular Hbond substituents is 1. The molecule has 0 bridgehead atoms. The van der Waals surface area contributed by atoms with E-state index in [1.807, 2.05) is 36.4 Å². The third kappa shape index (κ3) is 1.94. The van der Waals surface area contributed by atoms with Crippen molar-refractivity contribution in [3.63, 3.8) is 0 Å². The maximum Gasteiger partial charge on any atom is 0.281 e. The van der Waals surface area contributed by atoms with Gasteiger partial charge in [0.25, 0.3) is 5.79 Å². The van der Waals surface area contributed by atoms with E-state index in [1.54, 1.807) is 19.2 Å². The zero-order valence-corrected chi connectivity index (χ0v) is 13.9. The molecule has 1 aliphatic carbocycles. The molecule has 4 heteroatoms. The first kappa shape index (κ1) is 14.5. The number of methoxy groups -OCH3 is 1. The van der Waals surface area contributed by atoms with Crippen LogP contribution in [0.3, 0.4) is 0 Å². The Morgan fingerprint density at radius 3 is 2.40 bits per heavy atom. The Hall–Kier alpha value is -2.88. The first-order chi connectivity index (χ1) is 12.2. The van der Waals surface area contributed by atoms with Gasteiger partial charge >= 0.3 is 0 Å². The second kappa shape index (κ2) is 5.06. The van der Waals surface area contributed by atoms with E-state index in [0.29, 0.717) is 12.2 Å². The van der Waals surface area contributed by atoms with Crippen LogP contribution in [0.15, 0.2) is 48.5 Å². The minimum Gasteiger partial charge on any atom is -0.508 e. The minimum atomic E-state index is -0.972. The monoisotopic (exact) mass is 334 g/mol. The third-order valence-electron chi connectivity index (χ3n) is 5.16. The zero-order valence-electron chi connectivity index (χ0n) is 13.9. The molecule has 2 aliphatic rings. The molecule has 1 heterocycles. The Bertz CT molecular complexity index is 952. The van der Waals surface area contributed by atoms with Gasteiger partial charge in [0.05, 0.1) is 18.1 Å². The van der Waals surface area contributed by atoms with E-state index in [1.165, 1.54) is 0 Å². The van der Waals surface area contributed by atoms with Crippen LogP contribution in [-0.4, -0.2) is 12.2 Å². The van der Waals surface area contributed by atoms with Crippen molar-refractivity contribution in [1.82, 2.24) is 0 Å². The fraction of sp³-hybridized carbons (Fsp3) is 0.238. The number of benzene rings is 3. The molecule has 0 atom stereocenters. The smallest absolute Gasteiger partial charge is 0.281 e. The largest absolute Gasteiger partial charge is 0.508 e. The van der Waals surface area contributed by atoms with Crippen molar-refractivity contribution in [2.45, 2.75) is 25.0 Å². The summed E-state index contributed by atoms with van der Waals surface area (Å²) in [6, 6.07) is 15.5. The van der Waals surface area contributed by atoms with E-state index in [9.17, 15) is 5.11 Å². The maximum absolute atomic E-state index is 10.4. The Labute approximate surface area is 145 Å². The van der Waals surface area contributed by atoms with Gasteiger partial charge in [-0.3, -0.25) is 0 Å². The number of phenols is 1. The quantitative estimate of drug-likeness (QED) is 0.711. The van der Waals surface area contributed by atoms with Crippen LogP contribution < -0.4 is 14.2 Å². The van der Waals surface area contributed by atoms with Crippen LogP contribution >= 0.6 is 0 Å². The van der Waals surface area contributed by atoms with Crippen molar-refractivity contribution in [3.05, 3.63) is 59.7 Å². The van der Waals surface area contributed by atoms with Crippen molar-refractivity contribution in [2.75, 3.05) is 7.11 Å². The number of aromatic hydroxyl groups is 1. The van der Waals surface area contributed by atoms with Crippen LogP contribution in [0.4, 0.5) is 0 Å². The number of hydrogen-bond acceptors (Lipinski definition) is 4. The van der Waals surface area contributed by atoms with Gasteiger partial charge in [-0.15, -0.1) is 0 Å². The molecular weight excluding hydrogens is 316 g/mol. The topological polar surface area (TPSA) is 47.9 Å². The first-order valence-corrected chi connectivity index (χ1v) is 8.51. The van der Waals surface area contributed by atoms with E-state index in [4.69, 9.17) is 14.2 Å². The van der Waals surface area contributed by atoms with Crippen molar-refractivity contribution in [3.8, 4) is 23.0 Å². The average molecular weight is 334 g/mol. The van der Waals surface area contributed by atoms with Gasteiger partial charge in [0.15, 0.2) is 0 Å². The number of hydrogen-bond donors (Lipinski definition) is 1. The molecule has 4 nitrogen and oxygen atoms in total. The van der Waals surface area contributed by atoms with Crippen LogP contribution in [0.2, 0.25) is 0 Å². The number of ether oxygens (including phenoxy) is 3. The summed E-state index contributed by atoms with van der Waals surface area (Å²) >= 11 is 0. The summed E-state index contributed by atoms with van der Waals surface area (Å²) < 4.78 is 18.5. The highest BCUT2D eigenvalue weighted by atomic mass is 16.7. The minimum absolute atomic E-state index is 0.263. The molecule has 25 heavy (non-hydrogen) atoms. The molecule has 0 aromatic heterocycles. The van der Waals surface area contributed by atoms with E-state index in [0.717, 1.165) is 46.2 Å². The highest BCUT2D eigenvalue weighted by molar-refractivity contribution is 5.94. The van der Waals surface area contributed by atoms with Gasteiger partial charge in [-0.2, -0.15) is 0 Å². The highest BCUT2D eigenvalue weighted by Crippen LogP contribution is 2.52. The summed E-state index contributed by atoms with van der Waals surface area (Å²) in [4.78, 5) is 0. The van der Waals surface area contributed by atoms with Crippen LogP contribution in [-0.2, 0) is 12.2 Å². The van der Waals surface area contributed by atoms with Gasteiger partial charge in [-0.1, -0.05) is 24.3 Å². The SMILES string of the molecule is COc1ccc(O)c2c1C1(CCC2)Oc2cccc3cccc(c23)O1. The molecule has 0 amide bonds. The van der Waals surface area contributed by atoms with Gasteiger partial charge in [0, 0.05) is 12.0 Å². The highest BCUT2D eigenvalue weighted by Gasteiger charge is 2.47. The number of rotatable bonds is 1. The lowest BCUT2D eigenvalue weighted by Crippen LogP contribution is -2.44. The zero-order chi connectivity index (χ0) is 17.0. The summed E-state index contributed by atoms with van der Waals surface area (Å²) in [7, 11) is 1.63. The molecule has 3 aromatic carbocycles. The van der Waals surface area contributed by atoms with Crippen molar-refractivity contribution in [2.24, 2.45) is 0 Å². The second-order valence-corrected chi connectivity index (χ2v) is 6.56. The lowest BCUT2D eigenvalue weighted by atomic mass is 9.84. The van der Waals surface area contributed by atoms with Crippen LogP contribution in [0.5, 0.6) is 23.0 Å². The van der Waals surface area contributed by atoms with Crippen molar-refractivity contribution in [1.29, 1.82) is 0 Å². The molecule has 0 radical (unpaired) electrons. The molecule has 1 N–H and O–H groups in total. The van der Waals surface area contributed by atoms with E-state index < -0.39 is 5.79 Å². The molecular formula is C21H18O4. The van der Waals surface area contributed by atoms with Gasteiger partial charge in [-0.05, 0) is 42.5 Å². The first-order valence-electron chi connectivity index (χ1n) is 8.51. The molecule has 1 spiro atoms. The molecule has 0 unspecified atom stereocenters. The van der Waals surface area contributed by atoms with Crippen molar-refractivity contribution >= 4 is 10.8 Å². The molecule has 3 aromatic rings. The fourth-order valence-corrected chi connectivity index (χ4v) is 4.10. The lowest BCUT2D eigenvalue weighted by molar-refractivity contribution is -0.139. The van der Waals surface area contributed by atoms with E-state index >= 15 is 0 Å². The van der Waals surface area contributed by atoms with Crippen LogP contribution in [0.25, 0.3) is 10.8 Å². The molecule has 0 fully saturated rings. The Morgan fingerprint density at radius 2 is 1.72 bits per heavy atom. The van der Waals surface area contributed by atoms with Gasteiger partial charge in [0.1, 0.15) is 23.0 Å². The molecule has 0 saturated heterocycles. The second-order valence-electron chi connectivity index (χ2n) is 6.56. The molecule has 5 rings (SSSR count). The normalized spacial score (nSPS) is 16.8. The molecule has 126 valence electrons. The Morgan fingerprint density at radius 1 is 1.00 bits per heavy atom. The molecule has 0 saturated carbocycles. The van der Waals surface area contributed by atoms with E-state index in [2.05, 4.69) is 0 Å². The van der Waals surface area contributed by atoms with Gasteiger partial charge in [-0.25, -0.2) is 0 Å². The summed E-state index contributed by atoms with van der Waals surface area (Å²) in [6.45, 7) is 0. The Balaban J connectivity index is 1.77. The van der Waals surface area contributed by atoms with Crippen molar-refractivity contribution < 1.29 is 19.3 Å². The Kier molecular flexibility index (Phi) is 2.93. The number of fused-ring (bicyclic) bond motifs is 2. The standard InChI is InChI=1S/C21H18O4/c1-23-18-11-10-15(22)14-7-4-12-21(20(14)18)24-16-8-2-5-13-6-3-9-17(25-21)19(13)16/h2-3,5-6,8-11,22H,4,7,12H2,1H3. The van der Waals surface area contributed by atoms with Gasteiger partial charge < -0.3 is 19.3 Å². The summed E-state index contributed by atoms with van der Waals surface area (Å²) in [5, 5.41) is 12.4. The average Bonchev–Trinajstić information content (AvgIpc) is 2.63. The lowest BCUT2D eigenvalue weighted by Gasteiger charge is -2.42. The van der Waals surface area contributed by atoms with E-state index in [-0.39, 0.29) is 5.75 Å². The maximum atomic E-state index is 10.4. The van der Waals surface area contributed by atoms with Crippen LogP contribution in [0.1, 0.15) is 24.0 Å². The predicted octanol–water partition coefficient (Wildman–Crippen LogP) is 4.51.